The summed E-state index contributed by atoms with van der Waals surface area (Å²) in [5.74, 6) is -0.578. The van der Waals surface area contributed by atoms with Crippen molar-refractivity contribution >= 4 is 0 Å². The Bertz CT molecular complexity index is 562. The van der Waals surface area contributed by atoms with Crippen molar-refractivity contribution in [3.8, 4) is 5.69 Å². The predicted octanol–water partition coefficient (Wildman–Crippen LogP) is 2.52. The molecule has 3 nitrogen and oxygen atoms in total. The van der Waals surface area contributed by atoms with E-state index in [2.05, 4.69) is 5.10 Å². The zero-order valence-corrected chi connectivity index (χ0v) is 8.95. The fourth-order valence-corrected chi connectivity index (χ4v) is 1.51. The van der Waals surface area contributed by atoms with Gasteiger partial charge < -0.3 is 5.11 Å². The van der Waals surface area contributed by atoms with Crippen molar-refractivity contribution in [3.05, 3.63) is 47.5 Å². The monoisotopic (exact) mass is 260 g/mol. The molecule has 0 amide bonds. The maximum Gasteiger partial charge on any atom is 0.419 e. The first kappa shape index (κ1) is 12.6. The fraction of sp³-hybridized carbons (Fsp3) is 0.182. The molecule has 0 saturated heterocycles. The van der Waals surface area contributed by atoms with Crippen molar-refractivity contribution in [1.82, 2.24) is 9.78 Å². The molecule has 0 spiro atoms. The van der Waals surface area contributed by atoms with Gasteiger partial charge >= 0.3 is 6.18 Å². The summed E-state index contributed by atoms with van der Waals surface area (Å²) in [5, 5.41) is 12.6. The number of aliphatic hydroxyl groups is 1. The average molecular weight is 260 g/mol. The maximum atomic E-state index is 12.9. The number of rotatable bonds is 2. The smallest absolute Gasteiger partial charge is 0.392 e. The third-order valence-corrected chi connectivity index (χ3v) is 2.37. The second kappa shape index (κ2) is 4.41. The predicted molar refractivity (Wildman–Crippen MR) is 54.4 cm³/mol. The second-order valence-corrected chi connectivity index (χ2v) is 3.60. The van der Waals surface area contributed by atoms with E-state index in [1.807, 2.05) is 0 Å². The van der Waals surface area contributed by atoms with Gasteiger partial charge in [-0.3, -0.25) is 0 Å². The van der Waals surface area contributed by atoms with Gasteiger partial charge in [-0.05, 0) is 18.2 Å². The molecule has 1 N–H and O–H groups in total. The lowest BCUT2D eigenvalue weighted by Crippen LogP contribution is -2.04. The zero-order valence-electron chi connectivity index (χ0n) is 8.95. The van der Waals surface area contributed by atoms with Crippen LogP contribution in [0.3, 0.4) is 0 Å². The van der Waals surface area contributed by atoms with Crippen LogP contribution in [0.25, 0.3) is 5.69 Å². The normalized spacial score (nSPS) is 11.8. The summed E-state index contributed by atoms with van der Waals surface area (Å²) in [6, 6.07) is 3.39. The molecule has 0 unspecified atom stereocenters. The van der Waals surface area contributed by atoms with Crippen LogP contribution in [0.5, 0.6) is 0 Å². The van der Waals surface area contributed by atoms with Gasteiger partial charge in [-0.1, -0.05) is 0 Å². The van der Waals surface area contributed by atoms with E-state index in [0.29, 0.717) is 6.20 Å². The summed E-state index contributed by atoms with van der Waals surface area (Å²) in [7, 11) is 0. The highest BCUT2D eigenvalue weighted by Crippen LogP contribution is 2.29. The van der Waals surface area contributed by atoms with Crippen LogP contribution in [-0.4, -0.2) is 14.9 Å². The van der Waals surface area contributed by atoms with Crippen LogP contribution in [0.4, 0.5) is 17.6 Å². The molecule has 0 aliphatic heterocycles. The van der Waals surface area contributed by atoms with Crippen molar-refractivity contribution in [2.24, 2.45) is 0 Å². The molecule has 0 atom stereocenters. The molecule has 1 aromatic heterocycles. The molecule has 18 heavy (non-hydrogen) atoms. The summed E-state index contributed by atoms with van der Waals surface area (Å²) in [5.41, 5.74) is -0.545. The second-order valence-electron chi connectivity index (χ2n) is 3.60. The summed E-state index contributed by atoms with van der Waals surface area (Å²) >= 11 is 0. The number of aliphatic hydroxyl groups excluding tert-OH is 1. The minimum atomic E-state index is -4.49. The highest BCUT2D eigenvalue weighted by atomic mass is 19.4. The molecular formula is C11H8F4N2O. The highest BCUT2D eigenvalue weighted by Gasteiger charge is 2.32. The van der Waals surface area contributed by atoms with Crippen molar-refractivity contribution in [3.63, 3.8) is 0 Å². The van der Waals surface area contributed by atoms with Crippen molar-refractivity contribution < 1.29 is 22.7 Å². The molecular weight excluding hydrogens is 252 g/mol. The van der Waals surface area contributed by atoms with Crippen LogP contribution in [-0.2, 0) is 12.8 Å². The lowest BCUT2D eigenvalue weighted by atomic mass is 10.2. The summed E-state index contributed by atoms with van der Waals surface area (Å²) < 4.78 is 51.1. The maximum absolute atomic E-state index is 12.9. The van der Waals surface area contributed by atoms with Crippen LogP contribution in [0, 0.1) is 5.82 Å². The third kappa shape index (κ3) is 2.35. The van der Waals surface area contributed by atoms with Crippen molar-refractivity contribution in [1.29, 1.82) is 0 Å². The molecule has 0 radical (unpaired) electrons. The standard InChI is InChI=1S/C11H8F4N2O/c12-9-1-2-10(7(3-9)6-18)17-5-8(4-16-17)11(13,14)15/h1-5,18H,6H2. The molecule has 0 aliphatic rings. The number of benzene rings is 1. The number of halogens is 4. The number of nitrogens with zero attached hydrogens (tertiary/aromatic N) is 2. The summed E-state index contributed by atoms with van der Waals surface area (Å²) in [6.45, 7) is -0.492. The zero-order chi connectivity index (χ0) is 13.3. The van der Waals surface area contributed by atoms with Crippen molar-refractivity contribution in [2.45, 2.75) is 12.8 Å². The van der Waals surface area contributed by atoms with E-state index >= 15 is 0 Å². The van der Waals surface area contributed by atoms with E-state index < -0.39 is 24.2 Å². The average Bonchev–Trinajstić information content (AvgIpc) is 2.77. The number of hydrogen-bond acceptors (Lipinski definition) is 2. The fourth-order valence-electron chi connectivity index (χ4n) is 1.51. The van der Waals surface area contributed by atoms with E-state index in [9.17, 15) is 17.6 Å². The summed E-state index contributed by atoms with van der Waals surface area (Å²) in [4.78, 5) is 0. The van der Waals surface area contributed by atoms with E-state index in [1.165, 1.54) is 6.07 Å². The molecule has 0 saturated carbocycles. The SMILES string of the molecule is OCc1cc(F)ccc1-n1cc(C(F)(F)F)cn1. The van der Waals surface area contributed by atoms with Crippen LogP contribution in [0.15, 0.2) is 30.6 Å². The third-order valence-electron chi connectivity index (χ3n) is 2.37. The number of aromatic nitrogens is 2. The van der Waals surface area contributed by atoms with Gasteiger partial charge in [-0.15, -0.1) is 0 Å². The Kier molecular flexibility index (Phi) is 3.08. The van der Waals surface area contributed by atoms with E-state index in [-0.39, 0.29) is 11.3 Å². The van der Waals surface area contributed by atoms with Gasteiger partial charge in [0.25, 0.3) is 0 Å². The number of alkyl halides is 3. The molecule has 2 rings (SSSR count). The van der Waals surface area contributed by atoms with Crippen LogP contribution >= 0.6 is 0 Å². The van der Waals surface area contributed by atoms with E-state index in [1.54, 1.807) is 0 Å². The minimum Gasteiger partial charge on any atom is -0.392 e. The summed E-state index contributed by atoms with van der Waals surface area (Å²) in [6.07, 6.45) is -3.03. The van der Waals surface area contributed by atoms with Gasteiger partial charge in [0.15, 0.2) is 0 Å². The van der Waals surface area contributed by atoms with Gasteiger partial charge in [0.2, 0.25) is 0 Å². The molecule has 7 heteroatoms. The Hall–Kier alpha value is -1.89. The molecule has 2 aromatic rings. The van der Waals surface area contributed by atoms with Gasteiger partial charge in [0, 0.05) is 11.8 Å². The Balaban J connectivity index is 2.46. The lowest BCUT2D eigenvalue weighted by Gasteiger charge is -2.07. The lowest BCUT2D eigenvalue weighted by molar-refractivity contribution is -0.137. The van der Waals surface area contributed by atoms with Gasteiger partial charge in [-0.25, -0.2) is 9.07 Å². The largest absolute Gasteiger partial charge is 0.419 e. The van der Waals surface area contributed by atoms with Gasteiger partial charge in [0.05, 0.1) is 24.1 Å². The van der Waals surface area contributed by atoms with Gasteiger partial charge in [0.1, 0.15) is 5.82 Å². The van der Waals surface area contributed by atoms with Gasteiger partial charge in [-0.2, -0.15) is 18.3 Å². The first-order valence-corrected chi connectivity index (χ1v) is 4.93. The molecule has 1 aromatic carbocycles. The Morgan fingerprint density at radius 1 is 1.28 bits per heavy atom. The molecule has 1 heterocycles. The van der Waals surface area contributed by atoms with E-state index in [4.69, 9.17) is 5.11 Å². The quantitative estimate of drug-likeness (QED) is 0.842. The molecule has 0 fully saturated rings. The molecule has 96 valence electrons. The number of hydrogen-bond donors (Lipinski definition) is 1. The highest BCUT2D eigenvalue weighted by molar-refractivity contribution is 5.40. The van der Waals surface area contributed by atoms with Crippen LogP contribution < -0.4 is 0 Å². The Morgan fingerprint density at radius 2 is 2.00 bits per heavy atom. The topological polar surface area (TPSA) is 38.0 Å². The minimum absolute atomic E-state index is 0.159. The van der Waals surface area contributed by atoms with E-state index in [0.717, 1.165) is 23.0 Å². The first-order valence-electron chi connectivity index (χ1n) is 4.93. The Morgan fingerprint density at radius 3 is 2.56 bits per heavy atom. The van der Waals surface area contributed by atoms with Crippen LogP contribution in [0.2, 0.25) is 0 Å². The van der Waals surface area contributed by atoms with Crippen LogP contribution in [0.1, 0.15) is 11.1 Å². The van der Waals surface area contributed by atoms with Crippen molar-refractivity contribution in [2.75, 3.05) is 0 Å². The molecule has 0 aliphatic carbocycles. The molecule has 0 bridgehead atoms. The Labute approximate surface area is 99.3 Å². The first-order chi connectivity index (χ1) is 8.41.